The molecule has 13 heavy (non-hydrogen) atoms. The monoisotopic (exact) mass is 182 g/mol. The minimum Gasteiger partial charge on any atom is -0.205 e. The molecule has 0 saturated carbocycles. The third kappa shape index (κ3) is 2.23. The zero-order chi connectivity index (χ0) is 10.0. The maximum Gasteiger partial charge on any atom is 0.148 e. The average molecular weight is 182 g/mol. The van der Waals surface area contributed by atoms with Gasteiger partial charge in [0.25, 0.3) is 0 Å². The van der Waals surface area contributed by atoms with E-state index in [1.54, 1.807) is 0 Å². The van der Waals surface area contributed by atoms with Crippen LogP contribution >= 0.6 is 0 Å². The molecule has 0 N–H and O–H groups in total. The number of halogens is 1. The van der Waals surface area contributed by atoms with E-state index in [2.05, 4.69) is 10.2 Å². The second kappa shape index (κ2) is 3.81. The van der Waals surface area contributed by atoms with Crippen molar-refractivity contribution >= 4 is 0 Å². The minimum atomic E-state index is -0.242. The van der Waals surface area contributed by atoms with Gasteiger partial charge in [-0.25, -0.2) is 4.39 Å². The second-order valence-electron chi connectivity index (χ2n) is 3.81. The van der Waals surface area contributed by atoms with E-state index in [0.29, 0.717) is 11.4 Å². The Morgan fingerprint density at radius 2 is 1.69 bits per heavy atom. The van der Waals surface area contributed by atoms with Gasteiger partial charge in [0.15, 0.2) is 0 Å². The van der Waals surface area contributed by atoms with Gasteiger partial charge in [0.1, 0.15) is 11.5 Å². The van der Waals surface area contributed by atoms with Crippen LogP contribution in [0.5, 0.6) is 0 Å². The van der Waals surface area contributed by atoms with Crippen molar-refractivity contribution in [2.24, 2.45) is 0 Å². The maximum absolute atomic E-state index is 13.4. The van der Waals surface area contributed by atoms with Gasteiger partial charge >= 0.3 is 0 Å². The Hall–Kier alpha value is -0.990. The Balaban J connectivity index is 3.06. The number of aromatic nitrogens is 2. The Kier molecular flexibility index (Phi) is 2.96. The first kappa shape index (κ1) is 10.1. The van der Waals surface area contributed by atoms with E-state index in [1.165, 1.54) is 6.07 Å². The zero-order valence-electron chi connectivity index (χ0n) is 8.50. The molecule has 3 heteroatoms. The van der Waals surface area contributed by atoms with Crippen LogP contribution < -0.4 is 0 Å². The fourth-order valence-electron chi connectivity index (χ4n) is 1.07. The van der Waals surface area contributed by atoms with Gasteiger partial charge in [-0.2, -0.15) is 10.2 Å². The molecule has 0 atom stereocenters. The van der Waals surface area contributed by atoms with Crippen molar-refractivity contribution < 1.29 is 4.39 Å². The van der Waals surface area contributed by atoms with Gasteiger partial charge in [0.05, 0.1) is 5.69 Å². The van der Waals surface area contributed by atoms with Gasteiger partial charge in [-0.15, -0.1) is 0 Å². The van der Waals surface area contributed by atoms with E-state index in [9.17, 15) is 4.39 Å². The zero-order valence-corrected chi connectivity index (χ0v) is 8.50. The molecule has 0 amide bonds. The van der Waals surface area contributed by atoms with Crippen LogP contribution in [-0.2, 0) is 0 Å². The molecule has 0 spiro atoms. The highest BCUT2D eigenvalue weighted by molar-refractivity contribution is 5.14. The average Bonchev–Trinajstić information content (AvgIpc) is 2.03. The van der Waals surface area contributed by atoms with Crippen LogP contribution in [0.2, 0.25) is 0 Å². The molecule has 0 aliphatic heterocycles. The third-order valence-corrected chi connectivity index (χ3v) is 1.93. The van der Waals surface area contributed by atoms with Crippen molar-refractivity contribution in [3.63, 3.8) is 0 Å². The molecule has 1 aromatic heterocycles. The first-order chi connectivity index (χ1) is 6.02. The summed E-state index contributed by atoms with van der Waals surface area (Å²) in [6, 6.07) is 1.48. The Labute approximate surface area is 78.2 Å². The summed E-state index contributed by atoms with van der Waals surface area (Å²) in [6.07, 6.45) is 0. The molecular weight excluding hydrogens is 167 g/mol. The lowest BCUT2D eigenvalue weighted by Gasteiger charge is -2.07. The van der Waals surface area contributed by atoms with Crippen LogP contribution in [0.1, 0.15) is 50.9 Å². The van der Waals surface area contributed by atoms with Crippen LogP contribution in [0, 0.1) is 5.82 Å². The Morgan fingerprint density at radius 3 is 2.08 bits per heavy atom. The van der Waals surface area contributed by atoms with Crippen LogP contribution in [0.3, 0.4) is 0 Å². The van der Waals surface area contributed by atoms with Gasteiger partial charge < -0.3 is 0 Å². The summed E-state index contributed by atoms with van der Waals surface area (Å²) < 4.78 is 13.4. The lowest BCUT2D eigenvalue weighted by Crippen LogP contribution is -2.04. The van der Waals surface area contributed by atoms with E-state index in [0.717, 1.165) is 0 Å². The number of rotatable bonds is 2. The lowest BCUT2D eigenvalue weighted by atomic mass is 10.1. The van der Waals surface area contributed by atoms with Gasteiger partial charge in [0.2, 0.25) is 0 Å². The van der Waals surface area contributed by atoms with E-state index in [-0.39, 0.29) is 17.7 Å². The molecule has 1 rings (SSSR count). The fourth-order valence-corrected chi connectivity index (χ4v) is 1.07. The van der Waals surface area contributed by atoms with E-state index in [4.69, 9.17) is 0 Å². The molecular formula is C10H15FN2. The smallest absolute Gasteiger partial charge is 0.148 e. The predicted molar refractivity (Wildman–Crippen MR) is 50.2 cm³/mol. The molecule has 0 fully saturated rings. The van der Waals surface area contributed by atoms with E-state index < -0.39 is 0 Å². The van der Waals surface area contributed by atoms with Gasteiger partial charge in [-0.1, -0.05) is 27.7 Å². The van der Waals surface area contributed by atoms with E-state index >= 15 is 0 Å². The summed E-state index contributed by atoms with van der Waals surface area (Å²) in [7, 11) is 0. The summed E-state index contributed by atoms with van der Waals surface area (Å²) in [5.74, 6) is 0.0747. The second-order valence-corrected chi connectivity index (χ2v) is 3.81. The molecule has 2 nitrogen and oxygen atoms in total. The molecule has 1 aromatic rings. The first-order valence-corrected chi connectivity index (χ1v) is 4.55. The van der Waals surface area contributed by atoms with Gasteiger partial charge in [-0.3, -0.25) is 0 Å². The van der Waals surface area contributed by atoms with Crippen molar-refractivity contribution in [1.29, 1.82) is 0 Å². The molecule has 0 unspecified atom stereocenters. The summed E-state index contributed by atoms with van der Waals surface area (Å²) in [5.41, 5.74) is 1.16. The summed E-state index contributed by atoms with van der Waals surface area (Å²) in [4.78, 5) is 0. The highest BCUT2D eigenvalue weighted by Crippen LogP contribution is 2.18. The predicted octanol–water partition coefficient (Wildman–Crippen LogP) is 2.86. The molecule has 0 aromatic carbocycles. The number of nitrogens with zero attached hydrogens (tertiary/aromatic N) is 2. The highest BCUT2D eigenvalue weighted by atomic mass is 19.1. The third-order valence-electron chi connectivity index (χ3n) is 1.93. The largest absolute Gasteiger partial charge is 0.205 e. The molecule has 0 bridgehead atoms. The number of hydrogen-bond donors (Lipinski definition) is 0. The van der Waals surface area contributed by atoms with Crippen molar-refractivity contribution in [1.82, 2.24) is 10.2 Å². The Bertz CT molecular complexity index is 295. The first-order valence-electron chi connectivity index (χ1n) is 4.55. The molecule has 1 heterocycles. The molecule has 0 aliphatic carbocycles. The van der Waals surface area contributed by atoms with Gasteiger partial charge in [-0.05, 0) is 12.0 Å². The maximum atomic E-state index is 13.4. The highest BCUT2D eigenvalue weighted by Gasteiger charge is 2.11. The van der Waals surface area contributed by atoms with Crippen molar-refractivity contribution in [3.8, 4) is 0 Å². The minimum absolute atomic E-state index is 0.0914. The topological polar surface area (TPSA) is 25.8 Å². The van der Waals surface area contributed by atoms with Crippen LogP contribution in [0.25, 0.3) is 0 Å². The van der Waals surface area contributed by atoms with Gasteiger partial charge in [0, 0.05) is 5.92 Å². The molecule has 72 valence electrons. The van der Waals surface area contributed by atoms with Crippen LogP contribution in [-0.4, -0.2) is 10.2 Å². The van der Waals surface area contributed by atoms with E-state index in [1.807, 2.05) is 27.7 Å². The standard InChI is InChI=1S/C10H15FN2/c1-6(2)9-5-8(11)10(7(3)4)13-12-9/h5-7H,1-4H3. The summed E-state index contributed by atoms with van der Waals surface area (Å²) in [6.45, 7) is 7.75. The van der Waals surface area contributed by atoms with Crippen molar-refractivity contribution in [3.05, 3.63) is 23.3 Å². The van der Waals surface area contributed by atoms with Crippen LogP contribution in [0.4, 0.5) is 4.39 Å². The quantitative estimate of drug-likeness (QED) is 0.702. The summed E-state index contributed by atoms with van der Waals surface area (Å²) in [5, 5.41) is 7.84. The molecule has 0 saturated heterocycles. The summed E-state index contributed by atoms with van der Waals surface area (Å²) >= 11 is 0. The lowest BCUT2D eigenvalue weighted by molar-refractivity contribution is 0.564. The Morgan fingerprint density at radius 1 is 1.08 bits per heavy atom. The molecule has 0 aliphatic rings. The SMILES string of the molecule is CC(C)c1cc(F)c(C(C)C)nn1. The van der Waals surface area contributed by atoms with Crippen molar-refractivity contribution in [2.75, 3.05) is 0 Å². The molecule has 0 radical (unpaired) electrons. The van der Waals surface area contributed by atoms with Crippen molar-refractivity contribution in [2.45, 2.75) is 39.5 Å². The fraction of sp³-hybridized carbons (Fsp3) is 0.600. The number of hydrogen-bond acceptors (Lipinski definition) is 2. The normalized spacial score (nSPS) is 11.3. The van der Waals surface area contributed by atoms with Crippen LogP contribution in [0.15, 0.2) is 6.07 Å².